The van der Waals surface area contributed by atoms with Crippen LogP contribution in [0.15, 0.2) is 24.3 Å². The van der Waals surface area contributed by atoms with Gasteiger partial charge >= 0.3 is 0 Å². The van der Waals surface area contributed by atoms with E-state index in [1.165, 1.54) is 12.1 Å². The minimum Gasteiger partial charge on any atom is -0.323 e. The van der Waals surface area contributed by atoms with Crippen molar-refractivity contribution in [2.24, 2.45) is 5.73 Å². The Balaban J connectivity index is 2.49. The molecule has 16 heavy (non-hydrogen) atoms. The van der Waals surface area contributed by atoms with Gasteiger partial charge in [-0.05, 0) is 32.0 Å². The van der Waals surface area contributed by atoms with Crippen molar-refractivity contribution in [3.63, 3.8) is 0 Å². The molecule has 0 aliphatic rings. The summed E-state index contributed by atoms with van der Waals surface area (Å²) >= 11 is 0. The Bertz CT molecular complexity index is 504. The second-order valence-corrected chi connectivity index (χ2v) is 3.74. The molecule has 0 amide bonds. The van der Waals surface area contributed by atoms with E-state index in [-0.39, 0.29) is 11.9 Å². The summed E-state index contributed by atoms with van der Waals surface area (Å²) in [6.07, 6.45) is 0. The summed E-state index contributed by atoms with van der Waals surface area (Å²) in [5.41, 5.74) is 7.96. The molecule has 1 aromatic heterocycles. The first-order chi connectivity index (χ1) is 7.59. The van der Waals surface area contributed by atoms with Gasteiger partial charge in [-0.25, -0.2) is 9.07 Å². The minimum absolute atomic E-state index is 0.178. The van der Waals surface area contributed by atoms with Crippen molar-refractivity contribution in [1.29, 1.82) is 0 Å². The Kier molecular flexibility index (Phi) is 2.70. The van der Waals surface area contributed by atoms with Crippen molar-refractivity contribution < 1.29 is 4.39 Å². The zero-order chi connectivity index (χ0) is 11.7. The maximum atomic E-state index is 13.1. The first-order valence-electron chi connectivity index (χ1n) is 5.03. The van der Waals surface area contributed by atoms with Crippen molar-refractivity contribution in [1.82, 2.24) is 15.0 Å². The molecular weight excluding hydrogens is 207 g/mol. The first-order valence-corrected chi connectivity index (χ1v) is 5.03. The third-order valence-electron chi connectivity index (χ3n) is 2.41. The normalized spacial score (nSPS) is 12.8. The van der Waals surface area contributed by atoms with E-state index in [0.717, 1.165) is 11.4 Å². The number of nitrogens with two attached hydrogens (primary N) is 1. The molecule has 0 bridgehead atoms. The maximum Gasteiger partial charge on any atom is 0.125 e. The summed E-state index contributed by atoms with van der Waals surface area (Å²) in [5.74, 6) is -0.297. The maximum absolute atomic E-state index is 13.1. The third-order valence-corrected chi connectivity index (χ3v) is 2.41. The van der Waals surface area contributed by atoms with Crippen LogP contribution in [0.4, 0.5) is 4.39 Å². The number of nitrogens with zero attached hydrogens (tertiary/aromatic N) is 3. The van der Waals surface area contributed by atoms with Gasteiger partial charge in [0, 0.05) is 6.04 Å². The average molecular weight is 220 g/mol. The molecule has 84 valence electrons. The van der Waals surface area contributed by atoms with E-state index in [1.807, 2.05) is 13.8 Å². The third kappa shape index (κ3) is 1.81. The van der Waals surface area contributed by atoms with E-state index in [4.69, 9.17) is 5.73 Å². The van der Waals surface area contributed by atoms with Crippen LogP contribution in [0.3, 0.4) is 0 Å². The van der Waals surface area contributed by atoms with Crippen molar-refractivity contribution in [2.45, 2.75) is 19.9 Å². The standard InChI is InChI=1S/C11H13FN4/c1-7(13)11-8(2)16(15-14-11)10-5-3-4-9(12)6-10/h3-7H,13H2,1-2H3. The monoisotopic (exact) mass is 220 g/mol. The number of hydrogen-bond acceptors (Lipinski definition) is 3. The number of halogens is 1. The van der Waals surface area contributed by atoms with E-state index < -0.39 is 0 Å². The molecule has 0 radical (unpaired) electrons. The second-order valence-electron chi connectivity index (χ2n) is 3.74. The van der Waals surface area contributed by atoms with E-state index in [1.54, 1.807) is 16.8 Å². The first kappa shape index (κ1) is 10.8. The van der Waals surface area contributed by atoms with Crippen molar-refractivity contribution in [3.8, 4) is 5.69 Å². The lowest BCUT2D eigenvalue weighted by molar-refractivity contribution is 0.624. The fraction of sp³-hybridized carbons (Fsp3) is 0.273. The summed E-state index contributed by atoms with van der Waals surface area (Å²) in [5, 5.41) is 7.96. The highest BCUT2D eigenvalue weighted by Gasteiger charge is 2.13. The second kappa shape index (κ2) is 4.02. The quantitative estimate of drug-likeness (QED) is 0.838. The number of rotatable bonds is 2. The number of hydrogen-bond donors (Lipinski definition) is 1. The lowest BCUT2D eigenvalue weighted by Crippen LogP contribution is -2.08. The summed E-state index contributed by atoms with van der Waals surface area (Å²) in [6.45, 7) is 3.70. The molecule has 2 aromatic rings. The van der Waals surface area contributed by atoms with Crippen molar-refractivity contribution in [3.05, 3.63) is 41.5 Å². The zero-order valence-electron chi connectivity index (χ0n) is 9.18. The minimum atomic E-state index is -0.297. The largest absolute Gasteiger partial charge is 0.323 e. The predicted molar refractivity (Wildman–Crippen MR) is 58.7 cm³/mol. The molecule has 5 heteroatoms. The Morgan fingerprint density at radius 1 is 1.44 bits per heavy atom. The van der Waals surface area contributed by atoms with Gasteiger partial charge in [0.05, 0.1) is 11.4 Å². The van der Waals surface area contributed by atoms with E-state index in [2.05, 4.69) is 10.3 Å². The Labute approximate surface area is 92.9 Å². The predicted octanol–water partition coefficient (Wildman–Crippen LogP) is 1.73. The Hall–Kier alpha value is -1.75. The topological polar surface area (TPSA) is 56.7 Å². The van der Waals surface area contributed by atoms with E-state index >= 15 is 0 Å². The van der Waals surface area contributed by atoms with Gasteiger partial charge in [-0.2, -0.15) is 0 Å². The Morgan fingerprint density at radius 2 is 2.19 bits per heavy atom. The molecule has 0 spiro atoms. The van der Waals surface area contributed by atoms with Gasteiger partial charge in [0.1, 0.15) is 11.5 Å². The van der Waals surface area contributed by atoms with Gasteiger partial charge in [0.15, 0.2) is 0 Å². The molecule has 1 atom stereocenters. The van der Waals surface area contributed by atoms with Crippen LogP contribution in [-0.4, -0.2) is 15.0 Å². The molecule has 2 N–H and O–H groups in total. The fourth-order valence-electron chi connectivity index (χ4n) is 1.61. The zero-order valence-corrected chi connectivity index (χ0v) is 9.18. The van der Waals surface area contributed by atoms with Crippen LogP contribution in [0, 0.1) is 12.7 Å². The van der Waals surface area contributed by atoms with Crippen molar-refractivity contribution >= 4 is 0 Å². The molecular formula is C11H13FN4. The van der Waals surface area contributed by atoms with Crippen LogP contribution in [0.25, 0.3) is 5.69 Å². The molecule has 4 nitrogen and oxygen atoms in total. The van der Waals surface area contributed by atoms with Gasteiger partial charge in [-0.15, -0.1) is 5.10 Å². The molecule has 0 aliphatic carbocycles. The molecule has 0 saturated carbocycles. The number of aromatic nitrogens is 3. The lowest BCUT2D eigenvalue weighted by atomic mass is 10.2. The molecule has 1 heterocycles. The van der Waals surface area contributed by atoms with Crippen molar-refractivity contribution in [2.75, 3.05) is 0 Å². The highest BCUT2D eigenvalue weighted by atomic mass is 19.1. The fourth-order valence-corrected chi connectivity index (χ4v) is 1.61. The summed E-state index contributed by atoms with van der Waals surface area (Å²) in [7, 11) is 0. The molecule has 0 aliphatic heterocycles. The highest BCUT2D eigenvalue weighted by Crippen LogP contribution is 2.16. The van der Waals surface area contributed by atoms with Crippen LogP contribution in [0.5, 0.6) is 0 Å². The van der Waals surface area contributed by atoms with Crippen LogP contribution < -0.4 is 5.73 Å². The molecule has 0 saturated heterocycles. The van der Waals surface area contributed by atoms with Crippen LogP contribution in [-0.2, 0) is 0 Å². The molecule has 2 rings (SSSR count). The summed E-state index contributed by atoms with van der Waals surface area (Å²) < 4.78 is 14.6. The molecule has 0 fully saturated rings. The van der Waals surface area contributed by atoms with Crippen LogP contribution >= 0.6 is 0 Å². The Morgan fingerprint density at radius 3 is 2.75 bits per heavy atom. The van der Waals surface area contributed by atoms with E-state index in [0.29, 0.717) is 5.69 Å². The van der Waals surface area contributed by atoms with Crippen LogP contribution in [0.1, 0.15) is 24.4 Å². The van der Waals surface area contributed by atoms with Gasteiger partial charge in [-0.1, -0.05) is 11.3 Å². The SMILES string of the molecule is Cc1c(C(C)N)nnn1-c1cccc(F)c1. The lowest BCUT2D eigenvalue weighted by Gasteiger charge is -2.05. The van der Waals surface area contributed by atoms with Gasteiger partial charge < -0.3 is 5.73 Å². The van der Waals surface area contributed by atoms with E-state index in [9.17, 15) is 4.39 Å². The highest BCUT2D eigenvalue weighted by molar-refractivity contribution is 5.33. The van der Waals surface area contributed by atoms with Gasteiger partial charge in [0.2, 0.25) is 0 Å². The number of benzene rings is 1. The summed E-state index contributed by atoms with van der Waals surface area (Å²) in [6, 6.07) is 6.03. The molecule has 1 aromatic carbocycles. The smallest absolute Gasteiger partial charge is 0.125 e. The van der Waals surface area contributed by atoms with Gasteiger partial charge in [0.25, 0.3) is 0 Å². The van der Waals surface area contributed by atoms with Gasteiger partial charge in [-0.3, -0.25) is 0 Å². The average Bonchev–Trinajstić information content (AvgIpc) is 2.60. The summed E-state index contributed by atoms with van der Waals surface area (Å²) in [4.78, 5) is 0. The molecule has 1 unspecified atom stereocenters. The van der Waals surface area contributed by atoms with Crippen LogP contribution in [0.2, 0.25) is 0 Å².